The van der Waals surface area contributed by atoms with E-state index in [1.165, 1.54) is 6.42 Å². The Balaban J connectivity index is 1.53. The van der Waals surface area contributed by atoms with Crippen molar-refractivity contribution in [3.05, 3.63) is 11.9 Å². The van der Waals surface area contributed by atoms with Crippen molar-refractivity contribution in [3.8, 4) is 0 Å². The zero-order chi connectivity index (χ0) is 19.7. The lowest BCUT2D eigenvalue weighted by Crippen LogP contribution is -2.58. The van der Waals surface area contributed by atoms with Crippen LogP contribution in [0.25, 0.3) is 0 Å². The summed E-state index contributed by atoms with van der Waals surface area (Å²) in [5, 5.41) is 39.3. The van der Waals surface area contributed by atoms with Gasteiger partial charge in [0.2, 0.25) is 0 Å². The molecule has 0 spiro atoms. The molecule has 4 fully saturated rings. The fourth-order valence-electron chi connectivity index (χ4n) is 8.20. The predicted molar refractivity (Wildman–Crippen MR) is 104 cm³/mol. The Hall–Kier alpha value is -0.980. The molecule has 0 bridgehead atoms. The van der Waals surface area contributed by atoms with Gasteiger partial charge < -0.3 is 15.3 Å². The molecule has 156 valence electrons. The van der Waals surface area contributed by atoms with Crippen LogP contribution in [0.1, 0.15) is 76.9 Å². The fraction of sp³-hybridized carbons (Fsp3) is 0.909. The van der Waals surface area contributed by atoms with Crippen LogP contribution in [-0.2, 0) is 6.61 Å². The largest absolute Gasteiger partial charge is 0.393 e. The van der Waals surface area contributed by atoms with Crippen molar-refractivity contribution in [2.45, 2.75) is 90.1 Å². The lowest BCUT2D eigenvalue weighted by atomic mass is 9.44. The minimum absolute atomic E-state index is 0.0808. The summed E-state index contributed by atoms with van der Waals surface area (Å²) in [7, 11) is 0. The minimum Gasteiger partial charge on any atom is -0.393 e. The van der Waals surface area contributed by atoms with E-state index >= 15 is 0 Å². The van der Waals surface area contributed by atoms with Gasteiger partial charge in [-0.05, 0) is 85.9 Å². The number of fused-ring (bicyclic) bond motifs is 5. The van der Waals surface area contributed by atoms with Crippen molar-refractivity contribution < 1.29 is 15.3 Å². The number of rotatable bonds is 2. The maximum atomic E-state index is 10.7. The van der Waals surface area contributed by atoms with E-state index in [0.29, 0.717) is 29.4 Å². The molecule has 0 amide bonds. The first-order valence-corrected chi connectivity index (χ1v) is 11.3. The summed E-state index contributed by atoms with van der Waals surface area (Å²) in [6.45, 7) is 4.67. The van der Waals surface area contributed by atoms with Crippen molar-refractivity contribution in [3.63, 3.8) is 0 Å². The number of aromatic nitrogens is 3. The average Bonchev–Trinajstić information content (AvgIpc) is 3.26. The smallest absolute Gasteiger partial charge is 0.108 e. The van der Waals surface area contributed by atoms with Crippen LogP contribution in [0.5, 0.6) is 0 Å². The van der Waals surface area contributed by atoms with Gasteiger partial charge in [0.05, 0.1) is 31.1 Å². The normalized spacial score (nSPS) is 50.7. The summed E-state index contributed by atoms with van der Waals surface area (Å²) in [4.78, 5) is 0. The second-order valence-electron chi connectivity index (χ2n) is 10.6. The number of aliphatic hydroxyl groups is 3. The first-order valence-electron chi connectivity index (χ1n) is 11.3. The molecule has 0 aliphatic heterocycles. The van der Waals surface area contributed by atoms with Crippen LogP contribution in [0.3, 0.4) is 0 Å². The van der Waals surface area contributed by atoms with Crippen LogP contribution in [0.2, 0.25) is 0 Å². The standard InChI is InChI=1S/C22H35N3O3/c1-21-8-7-18-16(17(21)5-6-20(21)28)4-3-13-9-15(27)10-19(22(13,18)2)25-11-14(12-26)23-24-25/h11,13,15-20,26-28H,3-10,12H2,1-2H3/t13-,15-,16-,17-,18-,19-,20-,21-,22-/m0/s1. The highest BCUT2D eigenvalue weighted by Gasteiger charge is 2.62. The molecule has 1 aromatic heterocycles. The Kier molecular flexibility index (Phi) is 4.42. The van der Waals surface area contributed by atoms with E-state index in [4.69, 9.17) is 0 Å². The van der Waals surface area contributed by atoms with Crippen molar-refractivity contribution in [1.82, 2.24) is 15.0 Å². The Labute approximate surface area is 167 Å². The Morgan fingerprint density at radius 3 is 2.64 bits per heavy atom. The topological polar surface area (TPSA) is 91.4 Å². The zero-order valence-electron chi connectivity index (χ0n) is 17.2. The quantitative estimate of drug-likeness (QED) is 0.723. The summed E-state index contributed by atoms with van der Waals surface area (Å²) in [6.07, 6.45) is 9.83. The van der Waals surface area contributed by atoms with Crippen molar-refractivity contribution in [1.29, 1.82) is 0 Å². The van der Waals surface area contributed by atoms with Crippen LogP contribution in [0.15, 0.2) is 6.20 Å². The number of nitrogens with zero attached hydrogens (tertiary/aromatic N) is 3. The van der Waals surface area contributed by atoms with E-state index in [-0.39, 0.29) is 35.7 Å². The Bertz CT molecular complexity index is 738. The molecule has 4 aliphatic carbocycles. The molecule has 6 heteroatoms. The van der Waals surface area contributed by atoms with E-state index in [1.54, 1.807) is 0 Å². The first-order chi connectivity index (χ1) is 13.4. The number of aliphatic hydroxyl groups excluding tert-OH is 3. The Morgan fingerprint density at radius 1 is 1.07 bits per heavy atom. The molecule has 28 heavy (non-hydrogen) atoms. The van der Waals surface area contributed by atoms with Crippen LogP contribution in [0, 0.1) is 34.5 Å². The number of hydrogen-bond acceptors (Lipinski definition) is 5. The summed E-state index contributed by atoms with van der Waals surface area (Å²) >= 11 is 0. The van der Waals surface area contributed by atoms with E-state index in [2.05, 4.69) is 24.2 Å². The summed E-state index contributed by atoms with van der Waals surface area (Å²) < 4.78 is 1.95. The second kappa shape index (κ2) is 6.51. The molecule has 4 aliphatic rings. The van der Waals surface area contributed by atoms with Gasteiger partial charge in [0.1, 0.15) is 5.69 Å². The van der Waals surface area contributed by atoms with Gasteiger partial charge in [0.15, 0.2) is 0 Å². The average molecular weight is 390 g/mol. The first kappa shape index (κ1) is 19.0. The van der Waals surface area contributed by atoms with Gasteiger partial charge in [-0.15, -0.1) is 5.10 Å². The maximum absolute atomic E-state index is 10.7. The van der Waals surface area contributed by atoms with Crippen LogP contribution in [-0.4, -0.2) is 42.5 Å². The fourth-order valence-corrected chi connectivity index (χ4v) is 8.20. The van der Waals surface area contributed by atoms with E-state index < -0.39 is 0 Å². The molecule has 0 aromatic carbocycles. The zero-order valence-corrected chi connectivity index (χ0v) is 17.2. The van der Waals surface area contributed by atoms with Gasteiger partial charge in [0.25, 0.3) is 0 Å². The molecule has 5 rings (SSSR count). The van der Waals surface area contributed by atoms with Gasteiger partial charge in [-0.1, -0.05) is 19.1 Å². The third-order valence-electron chi connectivity index (χ3n) is 9.72. The Morgan fingerprint density at radius 2 is 1.89 bits per heavy atom. The van der Waals surface area contributed by atoms with Gasteiger partial charge in [-0.3, -0.25) is 0 Å². The molecule has 4 saturated carbocycles. The molecule has 1 heterocycles. The molecule has 0 unspecified atom stereocenters. The lowest BCUT2D eigenvalue weighted by molar-refractivity contribution is -0.157. The van der Waals surface area contributed by atoms with Crippen molar-refractivity contribution in [2.24, 2.45) is 34.5 Å². The lowest BCUT2D eigenvalue weighted by Gasteiger charge is -2.62. The molecule has 6 nitrogen and oxygen atoms in total. The predicted octanol–water partition coefficient (Wildman–Crippen LogP) is 2.69. The number of hydrogen-bond donors (Lipinski definition) is 3. The highest BCUT2D eigenvalue weighted by Crippen LogP contribution is 2.68. The van der Waals surface area contributed by atoms with Crippen LogP contribution in [0.4, 0.5) is 0 Å². The summed E-state index contributed by atoms with van der Waals surface area (Å²) in [6, 6.07) is 0.123. The molecule has 0 radical (unpaired) electrons. The van der Waals surface area contributed by atoms with E-state index in [1.807, 2.05) is 10.9 Å². The summed E-state index contributed by atoms with van der Waals surface area (Å²) in [5.41, 5.74) is 0.769. The SMILES string of the molecule is C[C@]12CC[C@H]3[C@@H](CC[C@H]4C[C@H](O)C[C@H](n5cc(CO)nn5)[C@@]43C)[C@@H]1CC[C@@H]2O. The molecule has 0 saturated heterocycles. The van der Waals surface area contributed by atoms with Gasteiger partial charge in [-0.2, -0.15) is 0 Å². The summed E-state index contributed by atoms with van der Waals surface area (Å²) in [5.74, 6) is 2.39. The third kappa shape index (κ3) is 2.50. The van der Waals surface area contributed by atoms with Gasteiger partial charge in [-0.25, -0.2) is 4.68 Å². The maximum Gasteiger partial charge on any atom is 0.108 e. The van der Waals surface area contributed by atoms with E-state index in [9.17, 15) is 15.3 Å². The van der Waals surface area contributed by atoms with Crippen LogP contribution >= 0.6 is 0 Å². The van der Waals surface area contributed by atoms with Crippen LogP contribution < -0.4 is 0 Å². The monoisotopic (exact) mass is 389 g/mol. The molecular formula is C22H35N3O3. The molecule has 1 aromatic rings. The highest BCUT2D eigenvalue weighted by molar-refractivity contribution is 5.12. The highest BCUT2D eigenvalue weighted by atomic mass is 16.3. The second-order valence-corrected chi connectivity index (χ2v) is 10.6. The van der Waals surface area contributed by atoms with Crippen molar-refractivity contribution >= 4 is 0 Å². The van der Waals surface area contributed by atoms with Gasteiger partial charge in [0, 0.05) is 0 Å². The minimum atomic E-state index is -0.288. The third-order valence-corrected chi connectivity index (χ3v) is 9.72. The van der Waals surface area contributed by atoms with Gasteiger partial charge >= 0.3 is 0 Å². The molecule has 3 N–H and O–H groups in total. The van der Waals surface area contributed by atoms with Crippen molar-refractivity contribution in [2.75, 3.05) is 0 Å². The molecule has 9 atom stereocenters. The molecular weight excluding hydrogens is 354 g/mol. The van der Waals surface area contributed by atoms with E-state index in [0.717, 1.165) is 44.9 Å².